The average molecular weight is 152 g/mol. The van der Waals surface area contributed by atoms with Crippen LogP contribution in [0.1, 0.15) is 46.5 Å². The Morgan fingerprint density at radius 2 is 1.91 bits per heavy atom. The Labute approximate surface area is 71.0 Å². The fourth-order valence-corrected chi connectivity index (χ4v) is 0.986. The number of rotatable bonds is 5. The Balaban J connectivity index is 3.44. The number of allylic oxidation sites excluding steroid dienone is 4. The van der Waals surface area contributed by atoms with Crippen LogP contribution in [0.25, 0.3) is 0 Å². The smallest absolute Gasteiger partial charge is 0.0142 e. The highest BCUT2D eigenvalue weighted by atomic mass is 13.9. The third-order valence-corrected chi connectivity index (χ3v) is 1.61. The van der Waals surface area contributed by atoms with E-state index >= 15 is 0 Å². The second-order valence-electron chi connectivity index (χ2n) is 2.92. The van der Waals surface area contributed by atoms with E-state index in [1.807, 2.05) is 0 Å². The largest absolute Gasteiger partial charge is 0.0882 e. The molecule has 0 radical (unpaired) electrons. The van der Waals surface area contributed by atoms with Crippen molar-refractivity contribution in [2.45, 2.75) is 46.5 Å². The summed E-state index contributed by atoms with van der Waals surface area (Å²) in [4.78, 5) is 0. The van der Waals surface area contributed by atoms with Crippen LogP contribution in [-0.2, 0) is 0 Å². The first-order valence-corrected chi connectivity index (χ1v) is 4.61. The molecule has 0 saturated carbocycles. The van der Waals surface area contributed by atoms with Gasteiger partial charge in [0.1, 0.15) is 0 Å². The second-order valence-corrected chi connectivity index (χ2v) is 2.92. The van der Waals surface area contributed by atoms with Gasteiger partial charge in [-0.05, 0) is 26.2 Å². The van der Waals surface area contributed by atoms with Crippen LogP contribution in [0.4, 0.5) is 0 Å². The Bertz CT molecular complexity index is 129. The van der Waals surface area contributed by atoms with Crippen LogP contribution < -0.4 is 0 Å². The lowest BCUT2D eigenvalue weighted by Gasteiger charge is -1.92. The third kappa shape index (κ3) is 7.38. The van der Waals surface area contributed by atoms with Crippen LogP contribution in [0.5, 0.6) is 0 Å². The molecule has 0 unspecified atom stereocenters. The summed E-state index contributed by atoms with van der Waals surface area (Å²) in [5.74, 6) is 0. The molecule has 0 amide bonds. The standard InChI is InChI=1S/C11H20/c1-4-6-7-8-10-11(3)9-5-2/h7-9H,4-6,10H2,1-3H3. The monoisotopic (exact) mass is 152 g/mol. The summed E-state index contributed by atoms with van der Waals surface area (Å²) in [6.07, 6.45) is 11.6. The molecule has 0 heteroatoms. The Hall–Kier alpha value is -0.520. The molecule has 0 saturated heterocycles. The topological polar surface area (TPSA) is 0 Å². The molecule has 11 heavy (non-hydrogen) atoms. The highest BCUT2D eigenvalue weighted by Gasteiger charge is 1.82. The molecule has 0 bridgehead atoms. The minimum absolute atomic E-state index is 1.13. The summed E-state index contributed by atoms with van der Waals surface area (Å²) in [7, 11) is 0. The predicted octanol–water partition coefficient (Wildman–Crippen LogP) is 4.09. The molecule has 0 atom stereocenters. The zero-order valence-corrected chi connectivity index (χ0v) is 8.06. The van der Waals surface area contributed by atoms with Crippen LogP contribution in [0, 0.1) is 0 Å². The molecule has 0 nitrogen and oxygen atoms in total. The maximum absolute atomic E-state index is 2.29. The van der Waals surface area contributed by atoms with E-state index in [9.17, 15) is 0 Å². The van der Waals surface area contributed by atoms with Gasteiger partial charge in [-0.1, -0.05) is 44.1 Å². The van der Waals surface area contributed by atoms with Crippen LogP contribution >= 0.6 is 0 Å². The van der Waals surface area contributed by atoms with Gasteiger partial charge in [0.2, 0.25) is 0 Å². The van der Waals surface area contributed by atoms with E-state index < -0.39 is 0 Å². The fourth-order valence-electron chi connectivity index (χ4n) is 0.986. The fraction of sp³-hybridized carbons (Fsp3) is 0.636. The van der Waals surface area contributed by atoms with Gasteiger partial charge in [0, 0.05) is 0 Å². The lowest BCUT2D eigenvalue weighted by molar-refractivity contribution is 0.952. The first kappa shape index (κ1) is 10.5. The maximum atomic E-state index is 2.29. The molecule has 0 spiro atoms. The van der Waals surface area contributed by atoms with Gasteiger partial charge in [-0.2, -0.15) is 0 Å². The highest BCUT2D eigenvalue weighted by Crippen LogP contribution is 2.02. The molecule has 0 aromatic heterocycles. The van der Waals surface area contributed by atoms with Gasteiger partial charge in [0.25, 0.3) is 0 Å². The van der Waals surface area contributed by atoms with Gasteiger partial charge in [0.05, 0.1) is 0 Å². The van der Waals surface area contributed by atoms with Gasteiger partial charge in [0.15, 0.2) is 0 Å². The quantitative estimate of drug-likeness (QED) is 0.520. The molecule has 0 aromatic rings. The van der Waals surface area contributed by atoms with Gasteiger partial charge in [-0.3, -0.25) is 0 Å². The van der Waals surface area contributed by atoms with Crippen LogP contribution in [0.3, 0.4) is 0 Å². The van der Waals surface area contributed by atoms with Crippen molar-refractivity contribution in [3.05, 3.63) is 23.8 Å². The van der Waals surface area contributed by atoms with Crippen molar-refractivity contribution in [2.24, 2.45) is 0 Å². The third-order valence-electron chi connectivity index (χ3n) is 1.61. The van der Waals surface area contributed by atoms with Crippen LogP contribution in [0.2, 0.25) is 0 Å². The maximum Gasteiger partial charge on any atom is -0.0142 e. The number of unbranched alkanes of at least 4 members (excludes halogenated alkanes) is 1. The van der Waals surface area contributed by atoms with Crippen molar-refractivity contribution in [3.63, 3.8) is 0 Å². The first-order chi connectivity index (χ1) is 5.31. The molecule has 0 heterocycles. The van der Waals surface area contributed by atoms with Crippen LogP contribution in [-0.4, -0.2) is 0 Å². The Morgan fingerprint density at radius 1 is 1.18 bits per heavy atom. The van der Waals surface area contributed by atoms with Crippen molar-refractivity contribution < 1.29 is 0 Å². The summed E-state index contributed by atoms with van der Waals surface area (Å²) in [5.41, 5.74) is 1.49. The summed E-state index contributed by atoms with van der Waals surface area (Å²) >= 11 is 0. The molecule has 0 N–H and O–H groups in total. The van der Waals surface area contributed by atoms with E-state index in [4.69, 9.17) is 0 Å². The van der Waals surface area contributed by atoms with Crippen molar-refractivity contribution >= 4 is 0 Å². The predicted molar refractivity (Wildman–Crippen MR) is 52.7 cm³/mol. The van der Waals surface area contributed by atoms with E-state index in [2.05, 4.69) is 39.0 Å². The van der Waals surface area contributed by atoms with Gasteiger partial charge in [-0.25, -0.2) is 0 Å². The summed E-state index contributed by atoms with van der Waals surface area (Å²) < 4.78 is 0. The summed E-state index contributed by atoms with van der Waals surface area (Å²) in [6.45, 7) is 6.58. The molecule has 64 valence electrons. The zero-order chi connectivity index (χ0) is 8.53. The van der Waals surface area contributed by atoms with Gasteiger partial charge in [-0.15, -0.1) is 0 Å². The summed E-state index contributed by atoms with van der Waals surface area (Å²) in [6, 6.07) is 0. The second kappa shape index (κ2) is 7.59. The SMILES string of the molecule is CCC=C(C)CC=CCCC. The molecule has 0 aliphatic carbocycles. The normalized spacial score (nSPS) is 12.8. The lowest BCUT2D eigenvalue weighted by Crippen LogP contribution is -1.72. The van der Waals surface area contributed by atoms with Crippen LogP contribution in [0.15, 0.2) is 23.8 Å². The number of hydrogen-bond acceptors (Lipinski definition) is 0. The van der Waals surface area contributed by atoms with Crippen molar-refractivity contribution in [1.82, 2.24) is 0 Å². The molecular weight excluding hydrogens is 132 g/mol. The average Bonchev–Trinajstić information content (AvgIpc) is 1.99. The van der Waals surface area contributed by atoms with E-state index in [0.717, 1.165) is 12.8 Å². The molecule has 0 rings (SSSR count). The van der Waals surface area contributed by atoms with Crippen molar-refractivity contribution in [3.8, 4) is 0 Å². The Morgan fingerprint density at radius 3 is 2.45 bits per heavy atom. The Kier molecular flexibility index (Phi) is 7.23. The van der Waals surface area contributed by atoms with Gasteiger partial charge >= 0.3 is 0 Å². The van der Waals surface area contributed by atoms with Crippen molar-refractivity contribution in [2.75, 3.05) is 0 Å². The first-order valence-electron chi connectivity index (χ1n) is 4.61. The van der Waals surface area contributed by atoms with Crippen molar-refractivity contribution in [1.29, 1.82) is 0 Å². The molecule has 0 fully saturated rings. The summed E-state index contributed by atoms with van der Waals surface area (Å²) in [5, 5.41) is 0. The highest BCUT2D eigenvalue weighted by molar-refractivity contribution is 5.03. The molecular formula is C11H20. The van der Waals surface area contributed by atoms with E-state index in [1.165, 1.54) is 18.4 Å². The van der Waals surface area contributed by atoms with E-state index in [0.29, 0.717) is 0 Å². The van der Waals surface area contributed by atoms with Gasteiger partial charge < -0.3 is 0 Å². The minimum Gasteiger partial charge on any atom is -0.0882 e. The molecule has 0 aliphatic heterocycles. The zero-order valence-electron chi connectivity index (χ0n) is 8.06. The van der Waals surface area contributed by atoms with E-state index in [1.54, 1.807) is 0 Å². The van der Waals surface area contributed by atoms with E-state index in [-0.39, 0.29) is 0 Å². The number of hydrogen-bond donors (Lipinski definition) is 0. The minimum atomic E-state index is 1.13. The molecule has 0 aromatic carbocycles. The molecule has 0 aliphatic rings. The lowest BCUT2D eigenvalue weighted by atomic mass is 10.1.